The zero-order valence-electron chi connectivity index (χ0n) is 22.3. The first-order valence-corrected chi connectivity index (χ1v) is 13.6. The Morgan fingerprint density at radius 1 is 1.00 bits per heavy atom. The van der Waals surface area contributed by atoms with E-state index in [0.29, 0.717) is 0 Å². The van der Waals surface area contributed by atoms with Gasteiger partial charge in [-0.15, -0.1) is 0 Å². The van der Waals surface area contributed by atoms with Gasteiger partial charge in [0.05, 0.1) is 17.6 Å². The number of imidazole rings is 1. The molecular formula is C32H38N4O. The molecule has 3 aromatic carbocycles. The predicted octanol–water partition coefficient (Wildman–Crippen LogP) is 6.06. The van der Waals surface area contributed by atoms with Crippen molar-refractivity contribution in [1.29, 1.82) is 0 Å². The summed E-state index contributed by atoms with van der Waals surface area (Å²) in [7, 11) is 0. The van der Waals surface area contributed by atoms with Gasteiger partial charge in [0.25, 0.3) is 0 Å². The highest BCUT2D eigenvalue weighted by atomic mass is 16.1. The second kappa shape index (κ2) is 11.2. The lowest BCUT2D eigenvalue weighted by atomic mass is 9.95. The maximum atomic E-state index is 13.0. The van der Waals surface area contributed by atoms with Crippen LogP contribution in [0.1, 0.15) is 48.4 Å². The van der Waals surface area contributed by atoms with Crippen LogP contribution in [0, 0.1) is 19.8 Å². The molecule has 2 heterocycles. The van der Waals surface area contributed by atoms with Crippen molar-refractivity contribution in [3.05, 3.63) is 95.1 Å². The van der Waals surface area contributed by atoms with Gasteiger partial charge in [0.15, 0.2) is 0 Å². The molecule has 0 spiro atoms. The predicted molar refractivity (Wildman–Crippen MR) is 152 cm³/mol. The molecule has 0 bridgehead atoms. The van der Waals surface area contributed by atoms with E-state index in [2.05, 4.69) is 102 Å². The SMILES string of the molecule is Cc1ccc(C)c(Cn2c(N3CCC(C(=O)NC(C)CCc4ccccc4)CC3)nc3ccccc32)c1. The maximum Gasteiger partial charge on any atom is 0.223 e. The molecule has 4 aromatic rings. The van der Waals surface area contributed by atoms with E-state index in [1.165, 1.54) is 22.3 Å². The molecule has 5 nitrogen and oxygen atoms in total. The van der Waals surface area contributed by atoms with Crippen molar-refractivity contribution in [2.45, 2.75) is 59.0 Å². The molecule has 1 amide bonds. The third kappa shape index (κ3) is 5.87. The number of aryl methyl sites for hydroxylation is 3. The van der Waals surface area contributed by atoms with Gasteiger partial charge in [-0.3, -0.25) is 4.79 Å². The summed E-state index contributed by atoms with van der Waals surface area (Å²) in [5.41, 5.74) is 7.40. The van der Waals surface area contributed by atoms with Crippen LogP contribution in [-0.2, 0) is 17.8 Å². The van der Waals surface area contributed by atoms with Crippen molar-refractivity contribution in [2.75, 3.05) is 18.0 Å². The van der Waals surface area contributed by atoms with Gasteiger partial charge in [0.1, 0.15) is 0 Å². The number of para-hydroxylation sites is 2. The number of hydrogen-bond acceptors (Lipinski definition) is 3. The first-order chi connectivity index (χ1) is 18.0. The summed E-state index contributed by atoms with van der Waals surface area (Å²) in [5.74, 6) is 1.27. The van der Waals surface area contributed by atoms with Gasteiger partial charge in [-0.25, -0.2) is 4.98 Å². The van der Waals surface area contributed by atoms with Crippen molar-refractivity contribution in [3.63, 3.8) is 0 Å². The Labute approximate surface area is 220 Å². The van der Waals surface area contributed by atoms with Gasteiger partial charge in [-0.1, -0.05) is 66.2 Å². The number of hydrogen-bond donors (Lipinski definition) is 1. The second-order valence-electron chi connectivity index (χ2n) is 10.6. The molecule has 5 rings (SSSR count). The number of rotatable bonds is 8. The molecule has 5 heteroatoms. The van der Waals surface area contributed by atoms with E-state index in [-0.39, 0.29) is 17.9 Å². The number of aromatic nitrogens is 2. The normalized spacial score (nSPS) is 15.2. The zero-order chi connectivity index (χ0) is 25.8. The van der Waals surface area contributed by atoms with E-state index in [1.807, 2.05) is 6.07 Å². The third-order valence-corrected chi connectivity index (χ3v) is 7.71. The van der Waals surface area contributed by atoms with E-state index in [9.17, 15) is 4.79 Å². The van der Waals surface area contributed by atoms with Crippen LogP contribution >= 0.6 is 0 Å². The fourth-order valence-corrected chi connectivity index (χ4v) is 5.40. The fourth-order valence-electron chi connectivity index (χ4n) is 5.40. The Balaban J connectivity index is 1.24. The molecule has 1 saturated heterocycles. The van der Waals surface area contributed by atoms with Crippen LogP contribution in [0.5, 0.6) is 0 Å². The molecular weight excluding hydrogens is 456 g/mol. The highest BCUT2D eigenvalue weighted by Crippen LogP contribution is 2.29. The monoisotopic (exact) mass is 494 g/mol. The lowest BCUT2D eigenvalue weighted by Gasteiger charge is -2.33. The summed E-state index contributed by atoms with van der Waals surface area (Å²) in [6, 6.07) is 25.7. The number of anilines is 1. The van der Waals surface area contributed by atoms with Crippen LogP contribution in [0.4, 0.5) is 5.95 Å². The molecule has 1 aliphatic rings. The number of carbonyl (C=O) groups is 1. The van der Waals surface area contributed by atoms with Crippen molar-refractivity contribution in [3.8, 4) is 0 Å². The van der Waals surface area contributed by atoms with E-state index in [0.717, 1.165) is 62.3 Å². The first-order valence-electron chi connectivity index (χ1n) is 13.6. The van der Waals surface area contributed by atoms with Gasteiger partial charge >= 0.3 is 0 Å². The molecule has 1 fully saturated rings. The van der Waals surface area contributed by atoms with E-state index in [1.54, 1.807) is 0 Å². The lowest BCUT2D eigenvalue weighted by molar-refractivity contribution is -0.126. The molecule has 192 valence electrons. The minimum absolute atomic E-state index is 0.0623. The smallest absolute Gasteiger partial charge is 0.223 e. The maximum absolute atomic E-state index is 13.0. The topological polar surface area (TPSA) is 50.2 Å². The molecule has 1 aromatic heterocycles. The van der Waals surface area contributed by atoms with Crippen molar-refractivity contribution in [2.24, 2.45) is 5.92 Å². The summed E-state index contributed by atoms with van der Waals surface area (Å²) < 4.78 is 2.35. The number of piperidine rings is 1. The Kier molecular flexibility index (Phi) is 7.59. The Bertz CT molecular complexity index is 1350. The van der Waals surface area contributed by atoms with Gasteiger partial charge in [-0.2, -0.15) is 0 Å². The summed E-state index contributed by atoms with van der Waals surface area (Å²) in [4.78, 5) is 20.4. The highest BCUT2D eigenvalue weighted by Gasteiger charge is 2.28. The molecule has 0 aliphatic carbocycles. The minimum Gasteiger partial charge on any atom is -0.353 e. The van der Waals surface area contributed by atoms with Crippen LogP contribution in [0.2, 0.25) is 0 Å². The van der Waals surface area contributed by atoms with Gasteiger partial charge < -0.3 is 14.8 Å². The van der Waals surface area contributed by atoms with Crippen LogP contribution in [-0.4, -0.2) is 34.6 Å². The summed E-state index contributed by atoms with van der Waals surface area (Å²) in [5, 5.41) is 3.27. The van der Waals surface area contributed by atoms with Crippen LogP contribution in [0.25, 0.3) is 11.0 Å². The average Bonchev–Trinajstić information content (AvgIpc) is 3.28. The Hall–Kier alpha value is -3.60. The minimum atomic E-state index is 0.0623. The van der Waals surface area contributed by atoms with Gasteiger partial charge in [0, 0.05) is 25.0 Å². The van der Waals surface area contributed by atoms with Crippen molar-refractivity contribution < 1.29 is 4.79 Å². The zero-order valence-corrected chi connectivity index (χ0v) is 22.3. The number of amides is 1. The van der Waals surface area contributed by atoms with E-state index >= 15 is 0 Å². The van der Waals surface area contributed by atoms with Gasteiger partial charge in [0.2, 0.25) is 11.9 Å². The third-order valence-electron chi connectivity index (χ3n) is 7.71. The standard InChI is InChI=1S/C32H38N4O/c1-23-13-14-24(2)28(21-23)22-36-30-12-8-7-11-29(30)34-32(36)35-19-17-27(18-20-35)31(37)33-25(3)15-16-26-9-5-4-6-10-26/h4-14,21,25,27H,15-20,22H2,1-3H3,(H,33,37). The highest BCUT2D eigenvalue weighted by molar-refractivity contribution is 5.80. The van der Waals surface area contributed by atoms with Crippen LogP contribution < -0.4 is 10.2 Å². The van der Waals surface area contributed by atoms with Crippen LogP contribution in [0.15, 0.2) is 72.8 Å². The Morgan fingerprint density at radius 3 is 2.51 bits per heavy atom. The molecule has 1 N–H and O–H groups in total. The van der Waals surface area contributed by atoms with Crippen LogP contribution in [0.3, 0.4) is 0 Å². The molecule has 0 radical (unpaired) electrons. The quantitative estimate of drug-likeness (QED) is 0.324. The molecule has 1 aliphatic heterocycles. The lowest BCUT2D eigenvalue weighted by Crippen LogP contribution is -2.43. The largest absolute Gasteiger partial charge is 0.353 e. The second-order valence-corrected chi connectivity index (χ2v) is 10.6. The molecule has 37 heavy (non-hydrogen) atoms. The number of fused-ring (bicyclic) bond motifs is 1. The number of nitrogens with one attached hydrogen (secondary N) is 1. The van der Waals surface area contributed by atoms with E-state index in [4.69, 9.17) is 4.98 Å². The summed E-state index contributed by atoms with van der Waals surface area (Å²) >= 11 is 0. The average molecular weight is 495 g/mol. The Morgan fingerprint density at radius 2 is 1.73 bits per heavy atom. The molecule has 1 atom stereocenters. The first kappa shape index (κ1) is 25.1. The van der Waals surface area contributed by atoms with Crippen molar-refractivity contribution >= 4 is 22.9 Å². The molecule has 1 unspecified atom stereocenters. The van der Waals surface area contributed by atoms with Crippen molar-refractivity contribution in [1.82, 2.24) is 14.9 Å². The summed E-state index contributed by atoms with van der Waals surface area (Å²) in [6.07, 6.45) is 3.64. The number of carbonyl (C=O) groups excluding carboxylic acids is 1. The van der Waals surface area contributed by atoms with E-state index < -0.39 is 0 Å². The fraction of sp³-hybridized carbons (Fsp3) is 0.375. The number of nitrogens with zero attached hydrogens (tertiary/aromatic N) is 3. The molecule has 0 saturated carbocycles. The summed E-state index contributed by atoms with van der Waals surface area (Å²) in [6.45, 7) is 8.92. The van der Waals surface area contributed by atoms with Gasteiger partial charge in [-0.05, 0) is 75.3 Å². The number of benzene rings is 3.